The number of carboxylic acid groups (broad SMARTS) is 1. The van der Waals surface area contributed by atoms with Crippen LogP contribution in [0.4, 0.5) is 13.2 Å². The van der Waals surface area contributed by atoms with Gasteiger partial charge in [0.2, 0.25) is 9.84 Å². The first kappa shape index (κ1) is 13.5. The molecule has 4 nitrogen and oxygen atoms in total. The summed E-state index contributed by atoms with van der Waals surface area (Å²) in [6.45, 7) is 0. The lowest BCUT2D eigenvalue weighted by Gasteiger charge is -2.16. The fourth-order valence-corrected chi connectivity index (χ4v) is 2.12. The number of hydrogen-bond donors (Lipinski definition) is 1. The molecule has 0 fully saturated rings. The van der Waals surface area contributed by atoms with Gasteiger partial charge in [-0.1, -0.05) is 12.1 Å². The van der Waals surface area contributed by atoms with Crippen LogP contribution in [0.3, 0.4) is 0 Å². The van der Waals surface area contributed by atoms with Crippen LogP contribution in [0.2, 0.25) is 0 Å². The standard InChI is InChI=1S/C9H7F3O4S/c10-7-4-2-1-3-6(7)9(11,12)17(15,16)5-8(13)14/h1-4H,5H2,(H,13,14). The summed E-state index contributed by atoms with van der Waals surface area (Å²) >= 11 is 0. The zero-order valence-corrected chi connectivity index (χ0v) is 9.05. The van der Waals surface area contributed by atoms with Crippen molar-refractivity contribution in [1.29, 1.82) is 0 Å². The molecule has 0 aromatic heterocycles. The minimum atomic E-state index is -5.31. The number of carbonyl (C=O) groups is 1. The highest BCUT2D eigenvalue weighted by Crippen LogP contribution is 2.35. The number of sulfone groups is 1. The predicted octanol–water partition coefficient (Wildman–Crippen LogP) is 1.37. The van der Waals surface area contributed by atoms with Gasteiger partial charge in [-0.15, -0.1) is 0 Å². The molecule has 0 bridgehead atoms. The molecule has 1 rings (SSSR count). The molecular weight excluding hydrogens is 261 g/mol. The normalized spacial score (nSPS) is 12.4. The molecule has 1 aromatic carbocycles. The third-order valence-electron chi connectivity index (χ3n) is 1.89. The second-order valence-electron chi connectivity index (χ2n) is 3.15. The van der Waals surface area contributed by atoms with Gasteiger partial charge in [-0.05, 0) is 12.1 Å². The molecule has 17 heavy (non-hydrogen) atoms. The number of halogens is 3. The Labute approximate surface area is 94.6 Å². The number of carboxylic acids is 1. The van der Waals surface area contributed by atoms with Crippen molar-refractivity contribution < 1.29 is 31.5 Å². The summed E-state index contributed by atoms with van der Waals surface area (Å²) in [6.07, 6.45) is 0. The minimum absolute atomic E-state index is 0.592. The van der Waals surface area contributed by atoms with Crippen molar-refractivity contribution >= 4 is 15.8 Å². The molecule has 0 aliphatic rings. The Balaban J connectivity index is 3.29. The van der Waals surface area contributed by atoms with Gasteiger partial charge in [0.25, 0.3) is 0 Å². The van der Waals surface area contributed by atoms with Gasteiger partial charge in [0, 0.05) is 0 Å². The van der Waals surface area contributed by atoms with Gasteiger partial charge >= 0.3 is 11.2 Å². The molecule has 0 saturated carbocycles. The highest BCUT2D eigenvalue weighted by molar-refractivity contribution is 7.92. The van der Waals surface area contributed by atoms with Crippen LogP contribution in [0.25, 0.3) is 0 Å². The van der Waals surface area contributed by atoms with Gasteiger partial charge in [-0.25, -0.2) is 12.8 Å². The van der Waals surface area contributed by atoms with E-state index in [-0.39, 0.29) is 0 Å². The van der Waals surface area contributed by atoms with Gasteiger partial charge in [0.15, 0.2) is 5.75 Å². The van der Waals surface area contributed by atoms with E-state index in [4.69, 9.17) is 5.11 Å². The predicted molar refractivity (Wildman–Crippen MR) is 51.7 cm³/mol. The zero-order valence-electron chi connectivity index (χ0n) is 8.23. The molecular formula is C9H7F3O4S. The van der Waals surface area contributed by atoms with E-state index in [2.05, 4.69) is 0 Å². The zero-order chi connectivity index (χ0) is 13.3. The maximum atomic E-state index is 13.5. The third-order valence-corrected chi connectivity index (χ3v) is 3.52. The van der Waals surface area contributed by atoms with E-state index in [1.54, 1.807) is 0 Å². The van der Waals surface area contributed by atoms with Crippen molar-refractivity contribution in [3.8, 4) is 0 Å². The monoisotopic (exact) mass is 268 g/mol. The maximum Gasteiger partial charge on any atom is 0.374 e. The van der Waals surface area contributed by atoms with Gasteiger partial charge in [0.05, 0.1) is 5.56 Å². The van der Waals surface area contributed by atoms with Crippen LogP contribution in [-0.2, 0) is 19.9 Å². The summed E-state index contributed by atoms with van der Waals surface area (Å²) in [5.41, 5.74) is -1.36. The van der Waals surface area contributed by atoms with Crippen molar-refractivity contribution in [1.82, 2.24) is 0 Å². The molecule has 1 N–H and O–H groups in total. The summed E-state index contributed by atoms with van der Waals surface area (Å²) in [4.78, 5) is 10.2. The highest BCUT2D eigenvalue weighted by Gasteiger charge is 2.49. The third kappa shape index (κ3) is 2.57. The van der Waals surface area contributed by atoms with Crippen LogP contribution >= 0.6 is 0 Å². The van der Waals surface area contributed by atoms with Crippen LogP contribution < -0.4 is 0 Å². The molecule has 0 atom stereocenters. The summed E-state index contributed by atoms with van der Waals surface area (Å²) < 4.78 is 62.2. The molecule has 0 aliphatic carbocycles. The molecule has 0 heterocycles. The van der Waals surface area contributed by atoms with Crippen LogP contribution in [0, 0.1) is 5.82 Å². The van der Waals surface area contributed by atoms with Crippen molar-refractivity contribution in [2.24, 2.45) is 0 Å². The molecule has 8 heteroatoms. The fourth-order valence-electron chi connectivity index (χ4n) is 1.12. The molecule has 0 aliphatic heterocycles. The smallest absolute Gasteiger partial charge is 0.374 e. The minimum Gasteiger partial charge on any atom is -0.480 e. The summed E-state index contributed by atoms with van der Waals surface area (Å²) in [7, 11) is -5.31. The summed E-state index contributed by atoms with van der Waals surface area (Å²) in [5.74, 6) is -5.11. The number of benzene rings is 1. The van der Waals surface area contributed by atoms with Gasteiger partial charge in [-0.3, -0.25) is 4.79 Å². The van der Waals surface area contributed by atoms with E-state index >= 15 is 0 Å². The average Bonchev–Trinajstić information content (AvgIpc) is 2.15. The lowest BCUT2D eigenvalue weighted by molar-refractivity contribution is -0.134. The molecule has 0 spiro atoms. The molecule has 0 amide bonds. The molecule has 1 aromatic rings. The lowest BCUT2D eigenvalue weighted by Crippen LogP contribution is -2.32. The Morgan fingerprint density at radius 3 is 2.29 bits per heavy atom. The van der Waals surface area contributed by atoms with E-state index in [0.717, 1.165) is 12.1 Å². The van der Waals surface area contributed by atoms with E-state index < -0.39 is 38.2 Å². The van der Waals surface area contributed by atoms with Gasteiger partial charge in [0.1, 0.15) is 5.82 Å². The van der Waals surface area contributed by atoms with Crippen molar-refractivity contribution in [3.63, 3.8) is 0 Å². The molecule has 0 saturated heterocycles. The Morgan fingerprint density at radius 2 is 1.82 bits per heavy atom. The summed E-state index contributed by atoms with van der Waals surface area (Å²) in [5, 5.41) is 3.65. The Hall–Kier alpha value is -1.57. The van der Waals surface area contributed by atoms with Gasteiger partial charge in [-0.2, -0.15) is 8.78 Å². The van der Waals surface area contributed by atoms with Crippen LogP contribution in [-0.4, -0.2) is 25.2 Å². The first-order valence-corrected chi connectivity index (χ1v) is 5.90. The van der Waals surface area contributed by atoms with Crippen LogP contribution in [0.1, 0.15) is 5.56 Å². The number of alkyl halides is 2. The van der Waals surface area contributed by atoms with Crippen molar-refractivity contribution in [2.45, 2.75) is 5.25 Å². The Kier molecular flexibility index (Phi) is 3.46. The maximum absolute atomic E-state index is 13.5. The van der Waals surface area contributed by atoms with Crippen molar-refractivity contribution in [2.75, 3.05) is 5.75 Å². The van der Waals surface area contributed by atoms with E-state index in [9.17, 15) is 26.4 Å². The topological polar surface area (TPSA) is 71.4 Å². The van der Waals surface area contributed by atoms with E-state index in [1.165, 1.54) is 0 Å². The average molecular weight is 268 g/mol. The van der Waals surface area contributed by atoms with Crippen molar-refractivity contribution in [3.05, 3.63) is 35.6 Å². The Morgan fingerprint density at radius 1 is 1.29 bits per heavy atom. The van der Waals surface area contributed by atoms with Crippen LogP contribution in [0.15, 0.2) is 24.3 Å². The first-order chi connectivity index (χ1) is 7.68. The summed E-state index contributed by atoms with van der Waals surface area (Å²) in [6, 6.07) is 3.40. The molecule has 94 valence electrons. The second-order valence-corrected chi connectivity index (χ2v) is 5.18. The van der Waals surface area contributed by atoms with E-state index in [1.807, 2.05) is 0 Å². The van der Waals surface area contributed by atoms with Crippen LogP contribution in [0.5, 0.6) is 0 Å². The first-order valence-electron chi connectivity index (χ1n) is 4.25. The molecule has 0 radical (unpaired) electrons. The lowest BCUT2D eigenvalue weighted by atomic mass is 10.2. The number of aliphatic carboxylic acids is 1. The largest absolute Gasteiger partial charge is 0.480 e. The second kappa shape index (κ2) is 4.36. The fraction of sp³-hybridized carbons (Fsp3) is 0.222. The van der Waals surface area contributed by atoms with E-state index in [0.29, 0.717) is 12.1 Å². The number of rotatable bonds is 4. The Bertz CT molecular complexity index is 539. The molecule has 0 unspecified atom stereocenters. The number of hydrogen-bond acceptors (Lipinski definition) is 3. The SMILES string of the molecule is O=C(O)CS(=O)(=O)C(F)(F)c1ccccc1F. The quantitative estimate of drug-likeness (QED) is 0.895. The highest BCUT2D eigenvalue weighted by atomic mass is 32.2. The van der Waals surface area contributed by atoms with Gasteiger partial charge < -0.3 is 5.11 Å².